The topological polar surface area (TPSA) is 49.6 Å². The number of piperazine rings is 1. The van der Waals surface area contributed by atoms with Crippen molar-refractivity contribution >= 4 is 5.91 Å². The average molecular weight is 281 g/mol. The van der Waals surface area contributed by atoms with E-state index in [2.05, 4.69) is 30.7 Å². The van der Waals surface area contributed by atoms with Crippen LogP contribution in [-0.2, 0) is 4.79 Å². The third kappa shape index (κ3) is 3.01. The molecule has 4 heteroatoms. The van der Waals surface area contributed by atoms with Crippen LogP contribution in [-0.4, -0.2) is 55.0 Å². The number of carbonyl (C=O) groups is 1. The van der Waals surface area contributed by atoms with Gasteiger partial charge in [0, 0.05) is 32.2 Å². The monoisotopic (exact) mass is 281 g/mol. The zero-order valence-corrected chi connectivity index (χ0v) is 13.4. The normalized spacial score (nSPS) is 36.1. The van der Waals surface area contributed by atoms with Crippen molar-refractivity contribution in [3.63, 3.8) is 0 Å². The van der Waals surface area contributed by atoms with Crippen LogP contribution < -0.4 is 5.73 Å². The summed E-state index contributed by atoms with van der Waals surface area (Å²) in [7, 11) is 2.16. The van der Waals surface area contributed by atoms with E-state index in [4.69, 9.17) is 5.73 Å². The fraction of sp³-hybridized carbons (Fsp3) is 0.938. The maximum Gasteiger partial charge on any atom is 0.230 e. The Morgan fingerprint density at radius 1 is 1.30 bits per heavy atom. The van der Waals surface area contributed by atoms with E-state index in [-0.39, 0.29) is 5.41 Å². The molecule has 4 nitrogen and oxygen atoms in total. The standard InChI is InChI=1S/C16H31N3O/c1-4-14-11-19(10-9-18(14)3)15(20)16(12-17)7-5-13(2)6-8-16/h13-14H,4-12,17H2,1-3H3. The van der Waals surface area contributed by atoms with E-state index in [9.17, 15) is 4.79 Å². The van der Waals surface area contributed by atoms with Crippen molar-refractivity contribution in [2.45, 2.75) is 52.0 Å². The quantitative estimate of drug-likeness (QED) is 0.856. The summed E-state index contributed by atoms with van der Waals surface area (Å²) in [5, 5.41) is 0. The van der Waals surface area contributed by atoms with Gasteiger partial charge in [0.2, 0.25) is 5.91 Å². The highest BCUT2D eigenvalue weighted by Gasteiger charge is 2.43. The summed E-state index contributed by atoms with van der Waals surface area (Å²) in [6, 6.07) is 0.505. The van der Waals surface area contributed by atoms with Crippen LogP contribution in [0, 0.1) is 11.3 Å². The molecule has 1 amide bonds. The van der Waals surface area contributed by atoms with Gasteiger partial charge in [-0.15, -0.1) is 0 Å². The highest BCUT2D eigenvalue weighted by atomic mass is 16.2. The molecular formula is C16H31N3O. The van der Waals surface area contributed by atoms with Crippen molar-refractivity contribution in [3.05, 3.63) is 0 Å². The van der Waals surface area contributed by atoms with Crippen LogP contribution in [0.2, 0.25) is 0 Å². The summed E-state index contributed by atoms with van der Waals surface area (Å²) in [5.41, 5.74) is 5.76. The number of carbonyl (C=O) groups excluding carboxylic acids is 1. The predicted octanol–water partition coefficient (Wildman–Crippen LogP) is 1.69. The Balaban J connectivity index is 2.05. The number of amides is 1. The second kappa shape index (κ2) is 6.44. The highest BCUT2D eigenvalue weighted by Crippen LogP contribution is 2.40. The first-order valence-electron chi connectivity index (χ1n) is 8.22. The lowest BCUT2D eigenvalue weighted by molar-refractivity contribution is -0.147. The third-order valence-electron chi connectivity index (χ3n) is 5.61. The second-order valence-corrected chi connectivity index (χ2v) is 6.96. The molecule has 2 rings (SSSR count). The molecule has 0 spiro atoms. The van der Waals surface area contributed by atoms with Gasteiger partial charge in [-0.2, -0.15) is 0 Å². The van der Waals surface area contributed by atoms with Crippen LogP contribution in [0.15, 0.2) is 0 Å². The van der Waals surface area contributed by atoms with Gasteiger partial charge in [0.15, 0.2) is 0 Å². The average Bonchev–Trinajstić information content (AvgIpc) is 2.48. The fourth-order valence-corrected chi connectivity index (χ4v) is 3.73. The zero-order chi connectivity index (χ0) is 14.8. The Morgan fingerprint density at radius 2 is 1.95 bits per heavy atom. The molecule has 1 atom stereocenters. The van der Waals surface area contributed by atoms with Crippen LogP contribution in [0.4, 0.5) is 0 Å². The third-order valence-corrected chi connectivity index (χ3v) is 5.61. The van der Waals surface area contributed by atoms with Crippen molar-refractivity contribution in [2.24, 2.45) is 17.1 Å². The first-order valence-corrected chi connectivity index (χ1v) is 8.22. The molecule has 0 aromatic heterocycles. The number of hydrogen-bond donors (Lipinski definition) is 1. The van der Waals surface area contributed by atoms with Crippen molar-refractivity contribution < 1.29 is 4.79 Å². The number of nitrogens with two attached hydrogens (primary N) is 1. The SMILES string of the molecule is CCC1CN(C(=O)C2(CN)CCC(C)CC2)CCN1C. The van der Waals surface area contributed by atoms with E-state index in [1.165, 1.54) is 0 Å². The van der Waals surface area contributed by atoms with E-state index in [1.54, 1.807) is 0 Å². The minimum absolute atomic E-state index is 0.263. The molecule has 0 radical (unpaired) electrons. The smallest absolute Gasteiger partial charge is 0.230 e. The summed E-state index contributed by atoms with van der Waals surface area (Å²) in [6.45, 7) is 7.74. The van der Waals surface area contributed by atoms with Gasteiger partial charge in [-0.25, -0.2) is 0 Å². The van der Waals surface area contributed by atoms with Crippen LogP contribution in [0.1, 0.15) is 46.0 Å². The molecule has 2 fully saturated rings. The molecule has 0 aromatic rings. The zero-order valence-electron chi connectivity index (χ0n) is 13.4. The molecule has 1 aliphatic heterocycles. The molecular weight excluding hydrogens is 250 g/mol. The van der Waals surface area contributed by atoms with Gasteiger partial charge in [0.25, 0.3) is 0 Å². The van der Waals surface area contributed by atoms with E-state index in [1.807, 2.05) is 0 Å². The summed E-state index contributed by atoms with van der Waals surface area (Å²) >= 11 is 0. The van der Waals surface area contributed by atoms with Crippen molar-refractivity contribution in [1.29, 1.82) is 0 Å². The maximum absolute atomic E-state index is 13.0. The van der Waals surface area contributed by atoms with Gasteiger partial charge in [-0.05, 0) is 45.1 Å². The first kappa shape index (κ1) is 15.8. The molecule has 116 valence electrons. The molecule has 2 N–H and O–H groups in total. The molecule has 1 saturated heterocycles. The Bertz CT molecular complexity index is 337. The van der Waals surface area contributed by atoms with Gasteiger partial charge >= 0.3 is 0 Å². The molecule has 0 bridgehead atoms. The fourth-order valence-electron chi connectivity index (χ4n) is 3.73. The molecule has 2 aliphatic rings. The van der Waals surface area contributed by atoms with Gasteiger partial charge < -0.3 is 10.6 Å². The van der Waals surface area contributed by atoms with Crippen LogP contribution in [0.5, 0.6) is 0 Å². The van der Waals surface area contributed by atoms with Crippen LogP contribution in [0.25, 0.3) is 0 Å². The Hall–Kier alpha value is -0.610. The van der Waals surface area contributed by atoms with Crippen LogP contribution in [0.3, 0.4) is 0 Å². The molecule has 1 aliphatic carbocycles. The number of nitrogens with zero attached hydrogens (tertiary/aromatic N) is 2. The second-order valence-electron chi connectivity index (χ2n) is 6.96. The minimum Gasteiger partial charge on any atom is -0.339 e. The molecule has 1 heterocycles. The molecule has 20 heavy (non-hydrogen) atoms. The predicted molar refractivity (Wildman–Crippen MR) is 82.4 cm³/mol. The number of hydrogen-bond acceptors (Lipinski definition) is 3. The maximum atomic E-state index is 13.0. The molecule has 1 unspecified atom stereocenters. The summed E-state index contributed by atoms with van der Waals surface area (Å²) < 4.78 is 0. The largest absolute Gasteiger partial charge is 0.339 e. The number of likely N-dealkylation sites (N-methyl/N-ethyl adjacent to an activating group) is 1. The summed E-state index contributed by atoms with van der Waals surface area (Å²) in [6.07, 6.45) is 5.36. The summed E-state index contributed by atoms with van der Waals surface area (Å²) in [4.78, 5) is 17.5. The lowest BCUT2D eigenvalue weighted by Gasteiger charge is -2.45. The van der Waals surface area contributed by atoms with E-state index in [0.717, 1.165) is 57.7 Å². The summed E-state index contributed by atoms with van der Waals surface area (Å²) in [5.74, 6) is 1.08. The van der Waals surface area contributed by atoms with Crippen molar-refractivity contribution in [2.75, 3.05) is 33.2 Å². The van der Waals surface area contributed by atoms with E-state index < -0.39 is 0 Å². The first-order chi connectivity index (χ1) is 9.52. The van der Waals surface area contributed by atoms with Gasteiger partial charge in [0.05, 0.1) is 5.41 Å². The lowest BCUT2D eigenvalue weighted by atomic mass is 9.70. The molecule has 0 aromatic carbocycles. The Labute approximate surface area is 123 Å². The molecule has 1 saturated carbocycles. The lowest BCUT2D eigenvalue weighted by Crippen LogP contribution is -2.58. The highest BCUT2D eigenvalue weighted by molar-refractivity contribution is 5.83. The van der Waals surface area contributed by atoms with Crippen molar-refractivity contribution in [3.8, 4) is 0 Å². The van der Waals surface area contributed by atoms with Crippen molar-refractivity contribution in [1.82, 2.24) is 9.80 Å². The number of rotatable bonds is 3. The van der Waals surface area contributed by atoms with Crippen LogP contribution >= 0.6 is 0 Å². The Kier molecular flexibility index (Phi) is 5.08. The van der Waals surface area contributed by atoms with E-state index >= 15 is 0 Å². The minimum atomic E-state index is -0.263. The van der Waals surface area contributed by atoms with Gasteiger partial charge in [-0.3, -0.25) is 9.69 Å². The Morgan fingerprint density at radius 3 is 2.50 bits per heavy atom. The van der Waals surface area contributed by atoms with Gasteiger partial charge in [-0.1, -0.05) is 13.8 Å². The van der Waals surface area contributed by atoms with Gasteiger partial charge in [0.1, 0.15) is 0 Å². The van der Waals surface area contributed by atoms with E-state index in [0.29, 0.717) is 18.5 Å².